The predicted molar refractivity (Wildman–Crippen MR) is 88.4 cm³/mol. The second-order valence-electron chi connectivity index (χ2n) is 5.74. The third-order valence-electron chi connectivity index (χ3n) is 3.87. The van der Waals surface area contributed by atoms with Gasteiger partial charge in [0, 0.05) is 37.4 Å². The quantitative estimate of drug-likeness (QED) is 0.939. The van der Waals surface area contributed by atoms with Crippen molar-refractivity contribution in [1.82, 2.24) is 15.2 Å². The number of amides is 1. The lowest BCUT2D eigenvalue weighted by Crippen LogP contribution is -2.51. The first kappa shape index (κ1) is 15.5. The van der Waals surface area contributed by atoms with E-state index in [0.717, 1.165) is 31.1 Å². The Balaban J connectivity index is 1.59. The molecule has 1 atom stereocenters. The maximum absolute atomic E-state index is 12.5. The summed E-state index contributed by atoms with van der Waals surface area (Å²) in [4.78, 5) is 18.6. The van der Waals surface area contributed by atoms with E-state index in [2.05, 4.69) is 17.2 Å². The van der Waals surface area contributed by atoms with Gasteiger partial charge in [-0.3, -0.25) is 9.78 Å². The van der Waals surface area contributed by atoms with Crippen molar-refractivity contribution in [2.24, 2.45) is 0 Å². The molecule has 0 spiro atoms. The van der Waals surface area contributed by atoms with Crippen LogP contribution < -0.4 is 10.1 Å². The largest absolute Gasteiger partial charge is 0.487 e. The summed E-state index contributed by atoms with van der Waals surface area (Å²) in [5.74, 6) is 0.815. The van der Waals surface area contributed by atoms with Crippen LogP contribution >= 0.6 is 0 Å². The van der Waals surface area contributed by atoms with Crippen molar-refractivity contribution in [2.75, 3.05) is 19.6 Å². The van der Waals surface area contributed by atoms with Crippen LogP contribution in [0.15, 0.2) is 48.7 Å². The van der Waals surface area contributed by atoms with Gasteiger partial charge in [-0.2, -0.15) is 0 Å². The Kier molecular flexibility index (Phi) is 4.88. The minimum atomic E-state index is 0.0784. The molecule has 1 aliphatic heterocycles. The number of benzene rings is 1. The number of piperazine rings is 1. The smallest absolute Gasteiger partial charge is 0.253 e. The molecule has 1 fully saturated rings. The molecule has 1 aromatic heterocycles. The number of pyridine rings is 1. The monoisotopic (exact) mass is 311 g/mol. The Hall–Kier alpha value is -2.40. The summed E-state index contributed by atoms with van der Waals surface area (Å²) in [5.41, 5.74) is 1.58. The number of nitrogens with one attached hydrogen (secondary N) is 1. The molecule has 0 aliphatic carbocycles. The molecule has 0 unspecified atom stereocenters. The van der Waals surface area contributed by atoms with E-state index in [9.17, 15) is 4.79 Å². The topological polar surface area (TPSA) is 54.5 Å². The van der Waals surface area contributed by atoms with E-state index >= 15 is 0 Å². The highest BCUT2D eigenvalue weighted by Gasteiger charge is 2.21. The molecule has 3 rings (SSSR count). The fourth-order valence-corrected chi connectivity index (χ4v) is 2.63. The van der Waals surface area contributed by atoms with Gasteiger partial charge in [-0.05, 0) is 43.3 Å². The Labute approximate surface area is 136 Å². The van der Waals surface area contributed by atoms with Crippen LogP contribution in [-0.4, -0.2) is 41.5 Å². The summed E-state index contributed by atoms with van der Waals surface area (Å²) in [6.07, 6.45) is 1.74. The molecule has 0 radical (unpaired) electrons. The second kappa shape index (κ2) is 7.24. The van der Waals surface area contributed by atoms with Gasteiger partial charge < -0.3 is 15.0 Å². The average Bonchev–Trinajstić information content (AvgIpc) is 2.61. The first-order chi connectivity index (χ1) is 11.2. The number of hydrogen-bond donors (Lipinski definition) is 1. The molecule has 2 aromatic rings. The molecule has 1 saturated heterocycles. The summed E-state index contributed by atoms with van der Waals surface area (Å²) in [6, 6.07) is 13.4. The molecule has 0 bridgehead atoms. The molecular formula is C18H21N3O2. The van der Waals surface area contributed by atoms with Gasteiger partial charge >= 0.3 is 0 Å². The van der Waals surface area contributed by atoms with E-state index in [1.54, 1.807) is 6.20 Å². The van der Waals surface area contributed by atoms with E-state index in [-0.39, 0.29) is 5.91 Å². The normalized spacial score (nSPS) is 17.8. The van der Waals surface area contributed by atoms with Crippen LogP contribution in [-0.2, 0) is 6.61 Å². The SMILES string of the molecule is C[C@H]1CN(C(=O)c2ccc(OCc3ccccn3)cc2)CCN1. The molecule has 2 heterocycles. The summed E-state index contributed by atoms with van der Waals surface area (Å²) in [6.45, 7) is 4.85. The highest BCUT2D eigenvalue weighted by molar-refractivity contribution is 5.94. The molecular weight excluding hydrogens is 290 g/mol. The van der Waals surface area contributed by atoms with Crippen molar-refractivity contribution in [3.05, 3.63) is 59.9 Å². The zero-order chi connectivity index (χ0) is 16.1. The van der Waals surface area contributed by atoms with Gasteiger partial charge in [0.15, 0.2) is 0 Å². The van der Waals surface area contributed by atoms with Crippen molar-refractivity contribution in [2.45, 2.75) is 19.6 Å². The van der Waals surface area contributed by atoms with Crippen LogP contribution in [0.2, 0.25) is 0 Å². The molecule has 0 saturated carbocycles. The van der Waals surface area contributed by atoms with Crippen LogP contribution in [0.25, 0.3) is 0 Å². The Morgan fingerprint density at radius 1 is 1.30 bits per heavy atom. The fraction of sp³-hybridized carbons (Fsp3) is 0.333. The lowest BCUT2D eigenvalue weighted by Gasteiger charge is -2.32. The predicted octanol–water partition coefficient (Wildman–Crippen LogP) is 2.09. The van der Waals surface area contributed by atoms with E-state index < -0.39 is 0 Å². The van der Waals surface area contributed by atoms with Crippen LogP contribution in [0, 0.1) is 0 Å². The fourth-order valence-electron chi connectivity index (χ4n) is 2.63. The number of rotatable bonds is 4. The van der Waals surface area contributed by atoms with Gasteiger partial charge in [-0.25, -0.2) is 0 Å². The molecule has 23 heavy (non-hydrogen) atoms. The molecule has 1 amide bonds. The standard InChI is InChI=1S/C18H21N3O2/c1-14-12-21(11-10-19-14)18(22)15-5-7-17(8-6-15)23-13-16-4-2-3-9-20-16/h2-9,14,19H,10-13H2,1H3/t14-/m0/s1. The number of carbonyl (C=O) groups is 1. The Morgan fingerprint density at radius 2 is 2.13 bits per heavy atom. The first-order valence-corrected chi connectivity index (χ1v) is 7.88. The maximum atomic E-state index is 12.5. The number of hydrogen-bond acceptors (Lipinski definition) is 4. The number of nitrogens with zero attached hydrogens (tertiary/aromatic N) is 2. The summed E-state index contributed by atoms with van der Waals surface area (Å²) >= 11 is 0. The number of ether oxygens (including phenoxy) is 1. The molecule has 5 nitrogen and oxygen atoms in total. The van der Waals surface area contributed by atoms with Gasteiger partial charge in [0.1, 0.15) is 12.4 Å². The summed E-state index contributed by atoms with van der Waals surface area (Å²) < 4.78 is 5.69. The molecule has 1 N–H and O–H groups in total. The van der Waals surface area contributed by atoms with Gasteiger partial charge in [-0.15, -0.1) is 0 Å². The Morgan fingerprint density at radius 3 is 2.83 bits per heavy atom. The molecule has 1 aliphatic rings. The summed E-state index contributed by atoms with van der Waals surface area (Å²) in [5, 5.41) is 3.34. The zero-order valence-electron chi connectivity index (χ0n) is 13.2. The van der Waals surface area contributed by atoms with Crippen LogP contribution in [0.4, 0.5) is 0 Å². The highest BCUT2D eigenvalue weighted by Crippen LogP contribution is 2.15. The van der Waals surface area contributed by atoms with Crippen molar-refractivity contribution in [1.29, 1.82) is 0 Å². The summed E-state index contributed by atoms with van der Waals surface area (Å²) in [7, 11) is 0. The lowest BCUT2D eigenvalue weighted by atomic mass is 10.1. The highest BCUT2D eigenvalue weighted by atomic mass is 16.5. The van der Waals surface area contributed by atoms with Crippen LogP contribution in [0.1, 0.15) is 23.0 Å². The van der Waals surface area contributed by atoms with Crippen LogP contribution in [0.3, 0.4) is 0 Å². The van der Waals surface area contributed by atoms with E-state index in [1.807, 2.05) is 47.4 Å². The third-order valence-corrected chi connectivity index (χ3v) is 3.87. The molecule has 120 valence electrons. The van der Waals surface area contributed by atoms with E-state index in [4.69, 9.17) is 4.74 Å². The Bertz CT molecular complexity index is 643. The molecule has 5 heteroatoms. The third kappa shape index (κ3) is 4.07. The van der Waals surface area contributed by atoms with Crippen molar-refractivity contribution in [3.63, 3.8) is 0 Å². The molecule has 1 aromatic carbocycles. The number of carbonyl (C=O) groups excluding carboxylic acids is 1. The van der Waals surface area contributed by atoms with Crippen molar-refractivity contribution >= 4 is 5.91 Å². The van der Waals surface area contributed by atoms with Crippen molar-refractivity contribution in [3.8, 4) is 5.75 Å². The van der Waals surface area contributed by atoms with E-state index in [0.29, 0.717) is 18.2 Å². The zero-order valence-corrected chi connectivity index (χ0v) is 13.2. The van der Waals surface area contributed by atoms with Gasteiger partial charge in [0.25, 0.3) is 5.91 Å². The number of aromatic nitrogens is 1. The van der Waals surface area contributed by atoms with Gasteiger partial charge in [-0.1, -0.05) is 6.07 Å². The maximum Gasteiger partial charge on any atom is 0.253 e. The second-order valence-corrected chi connectivity index (χ2v) is 5.74. The average molecular weight is 311 g/mol. The van der Waals surface area contributed by atoms with Gasteiger partial charge in [0.05, 0.1) is 5.69 Å². The first-order valence-electron chi connectivity index (χ1n) is 7.88. The van der Waals surface area contributed by atoms with Crippen molar-refractivity contribution < 1.29 is 9.53 Å². The van der Waals surface area contributed by atoms with E-state index in [1.165, 1.54) is 0 Å². The minimum absolute atomic E-state index is 0.0784. The van der Waals surface area contributed by atoms with Gasteiger partial charge in [0.2, 0.25) is 0 Å². The lowest BCUT2D eigenvalue weighted by molar-refractivity contribution is 0.0709. The van der Waals surface area contributed by atoms with Crippen LogP contribution in [0.5, 0.6) is 5.75 Å². The minimum Gasteiger partial charge on any atom is -0.487 e.